The van der Waals surface area contributed by atoms with Crippen molar-refractivity contribution >= 4 is 17.5 Å². The fourth-order valence-corrected chi connectivity index (χ4v) is 4.64. The minimum atomic E-state index is -4.98. The van der Waals surface area contributed by atoms with Gasteiger partial charge >= 0.3 is 11.9 Å². The zero-order valence-electron chi connectivity index (χ0n) is 21.4. The molecular formula is C26H24ClF4N7O3. The van der Waals surface area contributed by atoms with Gasteiger partial charge in [0.25, 0.3) is 5.91 Å². The van der Waals surface area contributed by atoms with Crippen molar-refractivity contribution in [3.63, 3.8) is 0 Å². The Morgan fingerprint density at radius 3 is 2.41 bits per heavy atom. The molecule has 1 aliphatic rings. The van der Waals surface area contributed by atoms with Gasteiger partial charge in [-0.1, -0.05) is 17.7 Å². The van der Waals surface area contributed by atoms with Crippen LogP contribution >= 0.6 is 11.6 Å². The van der Waals surface area contributed by atoms with Crippen molar-refractivity contribution < 1.29 is 27.5 Å². The molecule has 2 aromatic heterocycles. The highest BCUT2D eigenvalue weighted by Crippen LogP contribution is 2.24. The van der Waals surface area contributed by atoms with Crippen LogP contribution in [0.1, 0.15) is 35.7 Å². The Balaban J connectivity index is 1.56. The van der Waals surface area contributed by atoms with Crippen molar-refractivity contribution in [1.29, 1.82) is 0 Å². The van der Waals surface area contributed by atoms with E-state index in [4.69, 9.17) is 11.6 Å². The average molecular weight is 594 g/mol. The highest BCUT2D eigenvalue weighted by Gasteiger charge is 2.39. The van der Waals surface area contributed by atoms with Gasteiger partial charge in [-0.15, -0.1) is 10.2 Å². The lowest BCUT2D eigenvalue weighted by Gasteiger charge is -2.26. The maximum absolute atomic E-state index is 14.0. The fourth-order valence-electron chi connectivity index (χ4n) is 4.52. The quantitative estimate of drug-likeness (QED) is 0.327. The van der Waals surface area contributed by atoms with Gasteiger partial charge in [-0.25, -0.2) is 23.5 Å². The number of hydrogen-bond acceptors (Lipinski definition) is 6. The number of aromatic nitrogens is 6. The van der Waals surface area contributed by atoms with Crippen molar-refractivity contribution in [2.24, 2.45) is 0 Å². The number of aliphatic hydroxyl groups is 1. The maximum atomic E-state index is 14.0. The van der Waals surface area contributed by atoms with Gasteiger partial charge in [-0.2, -0.15) is 13.2 Å². The number of halogens is 5. The van der Waals surface area contributed by atoms with Crippen LogP contribution in [0, 0.1) is 5.82 Å². The first-order valence-corrected chi connectivity index (χ1v) is 13.1. The van der Waals surface area contributed by atoms with E-state index in [0.29, 0.717) is 22.7 Å². The van der Waals surface area contributed by atoms with Gasteiger partial charge in [-0.05, 0) is 61.7 Å². The van der Waals surface area contributed by atoms with Gasteiger partial charge in [0.2, 0.25) is 5.82 Å². The summed E-state index contributed by atoms with van der Waals surface area (Å²) in [6.45, 7) is -0.499. The maximum Gasteiger partial charge on any atom is 0.416 e. The predicted octanol–water partition coefficient (Wildman–Crippen LogP) is 3.68. The summed E-state index contributed by atoms with van der Waals surface area (Å²) < 4.78 is 56.3. The third-order valence-electron chi connectivity index (χ3n) is 6.59. The van der Waals surface area contributed by atoms with Gasteiger partial charge < -0.3 is 10.0 Å². The number of alkyl halides is 3. The van der Waals surface area contributed by atoms with E-state index in [9.17, 15) is 32.3 Å². The van der Waals surface area contributed by atoms with Crippen LogP contribution in [0.3, 0.4) is 0 Å². The summed E-state index contributed by atoms with van der Waals surface area (Å²) in [5, 5.41) is 18.6. The van der Waals surface area contributed by atoms with Crippen LogP contribution in [0.15, 0.2) is 53.3 Å². The number of carbonyl (C=O) groups excluding carboxylic acids is 1. The van der Waals surface area contributed by atoms with Crippen molar-refractivity contribution in [2.75, 3.05) is 13.1 Å². The van der Waals surface area contributed by atoms with Gasteiger partial charge in [0.05, 0.1) is 12.2 Å². The molecule has 1 aliphatic heterocycles. The molecule has 10 nitrogen and oxygen atoms in total. The molecule has 0 bridgehead atoms. The van der Waals surface area contributed by atoms with Crippen LogP contribution < -0.4 is 5.69 Å². The van der Waals surface area contributed by atoms with Crippen LogP contribution in [-0.2, 0) is 13.1 Å². The number of benzene rings is 2. The molecular weight excluding hydrogens is 570 g/mol. The number of carbonyl (C=O) groups is 1. The molecule has 2 aromatic carbocycles. The molecule has 1 amide bonds. The molecule has 3 heterocycles. The van der Waals surface area contributed by atoms with E-state index in [1.807, 2.05) is 0 Å². The van der Waals surface area contributed by atoms with E-state index in [1.54, 1.807) is 4.90 Å². The van der Waals surface area contributed by atoms with E-state index in [-0.39, 0.29) is 28.7 Å². The Morgan fingerprint density at radius 2 is 1.76 bits per heavy atom. The molecule has 216 valence electrons. The van der Waals surface area contributed by atoms with E-state index < -0.39 is 42.8 Å². The molecule has 0 spiro atoms. The highest BCUT2D eigenvalue weighted by atomic mass is 35.5. The van der Waals surface area contributed by atoms with E-state index >= 15 is 0 Å². The molecule has 0 saturated carbocycles. The predicted molar refractivity (Wildman–Crippen MR) is 139 cm³/mol. The SMILES string of the molecule is O=C(c1nc(Cn2nc(-c3ccc(Cl)cc3)n(C[C@H](O)C(F)(F)F)c2=O)nn1-c1cccc(F)c1)N1CCCCC1. The van der Waals surface area contributed by atoms with Crippen LogP contribution in [0.2, 0.25) is 5.02 Å². The molecule has 0 radical (unpaired) electrons. The first kappa shape index (κ1) is 28.5. The molecule has 1 atom stereocenters. The molecule has 1 fully saturated rings. The number of nitrogens with zero attached hydrogens (tertiary/aromatic N) is 7. The number of piperidine rings is 1. The van der Waals surface area contributed by atoms with Gasteiger partial charge in [0.1, 0.15) is 12.4 Å². The third kappa shape index (κ3) is 6.17. The minimum Gasteiger partial charge on any atom is -0.382 e. The highest BCUT2D eigenvalue weighted by molar-refractivity contribution is 6.30. The normalized spacial score (nSPS) is 14.8. The fraction of sp³-hybridized carbons (Fsp3) is 0.346. The molecule has 41 heavy (non-hydrogen) atoms. The van der Waals surface area contributed by atoms with Crippen LogP contribution in [0.25, 0.3) is 17.1 Å². The summed E-state index contributed by atoms with van der Waals surface area (Å²) in [4.78, 5) is 32.6. The number of amides is 1. The molecule has 1 saturated heterocycles. The zero-order chi connectivity index (χ0) is 29.3. The van der Waals surface area contributed by atoms with E-state index in [1.165, 1.54) is 53.2 Å². The largest absolute Gasteiger partial charge is 0.416 e. The summed E-state index contributed by atoms with van der Waals surface area (Å²) in [5.41, 5.74) is -0.472. The van der Waals surface area contributed by atoms with Crippen LogP contribution in [-0.4, -0.2) is 70.4 Å². The Kier molecular flexibility index (Phi) is 7.95. The third-order valence-corrected chi connectivity index (χ3v) is 6.84. The first-order chi connectivity index (χ1) is 19.5. The molecule has 1 N–H and O–H groups in total. The zero-order valence-corrected chi connectivity index (χ0v) is 22.2. The first-order valence-electron chi connectivity index (χ1n) is 12.7. The Bertz CT molecular complexity index is 1610. The second-order valence-electron chi connectivity index (χ2n) is 9.53. The van der Waals surface area contributed by atoms with Crippen molar-refractivity contribution in [1.82, 2.24) is 34.0 Å². The summed E-state index contributed by atoms with van der Waals surface area (Å²) >= 11 is 5.93. The van der Waals surface area contributed by atoms with E-state index in [0.717, 1.165) is 23.9 Å². The smallest absolute Gasteiger partial charge is 0.382 e. The van der Waals surface area contributed by atoms with Crippen molar-refractivity contribution in [3.8, 4) is 17.1 Å². The number of rotatable bonds is 7. The lowest BCUT2D eigenvalue weighted by atomic mass is 10.1. The summed E-state index contributed by atoms with van der Waals surface area (Å²) in [7, 11) is 0. The number of aliphatic hydroxyl groups excluding tert-OH is 1. The molecule has 4 aromatic rings. The topological polar surface area (TPSA) is 111 Å². The second kappa shape index (κ2) is 11.4. The van der Waals surface area contributed by atoms with Gasteiger partial charge in [-0.3, -0.25) is 9.36 Å². The summed E-state index contributed by atoms with van der Waals surface area (Å²) in [6.07, 6.45) is -5.19. The lowest BCUT2D eigenvalue weighted by Crippen LogP contribution is -2.37. The lowest BCUT2D eigenvalue weighted by molar-refractivity contribution is -0.207. The number of likely N-dealkylation sites (tertiary alicyclic amines) is 1. The minimum absolute atomic E-state index is 0.0552. The van der Waals surface area contributed by atoms with E-state index in [2.05, 4.69) is 15.2 Å². The van der Waals surface area contributed by atoms with Gasteiger partial charge in [0, 0.05) is 23.7 Å². The van der Waals surface area contributed by atoms with Crippen LogP contribution in [0.5, 0.6) is 0 Å². The Hall–Kier alpha value is -4.04. The molecule has 0 aliphatic carbocycles. The average Bonchev–Trinajstić information content (AvgIpc) is 3.50. The number of hydrogen-bond donors (Lipinski definition) is 1. The molecule has 0 unspecified atom stereocenters. The summed E-state index contributed by atoms with van der Waals surface area (Å²) in [6, 6.07) is 11.3. The Labute approximate surface area is 235 Å². The van der Waals surface area contributed by atoms with Gasteiger partial charge in [0.15, 0.2) is 17.8 Å². The van der Waals surface area contributed by atoms with Crippen molar-refractivity contribution in [2.45, 2.75) is 44.6 Å². The summed E-state index contributed by atoms with van der Waals surface area (Å²) in [5.74, 6) is -1.31. The van der Waals surface area contributed by atoms with Crippen LogP contribution in [0.4, 0.5) is 17.6 Å². The molecule has 5 rings (SSSR count). The monoisotopic (exact) mass is 593 g/mol. The standard InChI is InChI=1S/C26H24ClF4N7O3/c27-17-9-7-16(8-10-17)22-34-37(25(41)36(22)14-20(39)26(29,30)31)15-21-32-23(24(40)35-11-2-1-3-12-35)38(33-21)19-6-4-5-18(28)13-19/h4-10,13,20,39H,1-3,11-12,14-15H2/t20-/m0/s1. The second-order valence-corrected chi connectivity index (χ2v) is 9.97. The molecule has 15 heteroatoms. The Morgan fingerprint density at radius 1 is 1.05 bits per heavy atom. The van der Waals surface area contributed by atoms with Crippen molar-refractivity contribution in [3.05, 3.63) is 81.5 Å².